The van der Waals surface area contributed by atoms with Crippen LogP contribution in [-0.2, 0) is 4.74 Å². The van der Waals surface area contributed by atoms with E-state index in [0.29, 0.717) is 13.2 Å². The highest BCUT2D eigenvalue weighted by atomic mass is 79.9. The van der Waals surface area contributed by atoms with Gasteiger partial charge in [-0.25, -0.2) is 0 Å². The first-order valence-corrected chi connectivity index (χ1v) is 5.53. The van der Waals surface area contributed by atoms with Gasteiger partial charge in [0.1, 0.15) is 0 Å². The SMILES string of the molecule is CCOCC(N)c1cc(C)cc(Br)c1. The van der Waals surface area contributed by atoms with Crippen molar-refractivity contribution in [1.82, 2.24) is 0 Å². The first kappa shape index (κ1) is 11.7. The Kier molecular flexibility index (Phi) is 4.58. The van der Waals surface area contributed by atoms with Crippen molar-refractivity contribution >= 4 is 15.9 Å². The molecule has 78 valence electrons. The van der Waals surface area contributed by atoms with Crippen LogP contribution in [0.2, 0.25) is 0 Å². The van der Waals surface area contributed by atoms with Gasteiger partial charge in [0.2, 0.25) is 0 Å². The van der Waals surface area contributed by atoms with Gasteiger partial charge >= 0.3 is 0 Å². The number of ether oxygens (including phenoxy) is 1. The molecule has 0 aliphatic heterocycles. The van der Waals surface area contributed by atoms with E-state index in [1.54, 1.807) is 0 Å². The van der Waals surface area contributed by atoms with E-state index in [4.69, 9.17) is 10.5 Å². The summed E-state index contributed by atoms with van der Waals surface area (Å²) in [5.74, 6) is 0. The van der Waals surface area contributed by atoms with Gasteiger partial charge in [0, 0.05) is 11.1 Å². The fourth-order valence-electron chi connectivity index (χ4n) is 1.32. The van der Waals surface area contributed by atoms with Crippen LogP contribution in [0.1, 0.15) is 24.1 Å². The average molecular weight is 258 g/mol. The molecule has 1 unspecified atom stereocenters. The van der Waals surface area contributed by atoms with Gasteiger partial charge in [0.05, 0.1) is 12.6 Å². The lowest BCUT2D eigenvalue weighted by atomic mass is 10.1. The van der Waals surface area contributed by atoms with E-state index in [2.05, 4.69) is 35.0 Å². The van der Waals surface area contributed by atoms with Crippen molar-refractivity contribution in [2.45, 2.75) is 19.9 Å². The van der Waals surface area contributed by atoms with E-state index >= 15 is 0 Å². The largest absolute Gasteiger partial charge is 0.380 e. The van der Waals surface area contributed by atoms with Gasteiger partial charge in [-0.1, -0.05) is 22.0 Å². The first-order valence-electron chi connectivity index (χ1n) is 4.74. The summed E-state index contributed by atoms with van der Waals surface area (Å²) >= 11 is 3.45. The van der Waals surface area contributed by atoms with Gasteiger partial charge in [0.25, 0.3) is 0 Å². The van der Waals surface area contributed by atoms with E-state index < -0.39 is 0 Å². The van der Waals surface area contributed by atoms with Crippen molar-refractivity contribution in [3.05, 3.63) is 33.8 Å². The molecule has 0 fully saturated rings. The van der Waals surface area contributed by atoms with Crippen LogP contribution in [0.15, 0.2) is 22.7 Å². The van der Waals surface area contributed by atoms with Gasteiger partial charge < -0.3 is 10.5 Å². The molecule has 2 nitrogen and oxygen atoms in total. The lowest BCUT2D eigenvalue weighted by Gasteiger charge is -2.12. The van der Waals surface area contributed by atoms with E-state index in [1.165, 1.54) is 5.56 Å². The predicted octanol–water partition coefficient (Wildman–Crippen LogP) is 2.79. The Hall–Kier alpha value is -0.380. The maximum Gasteiger partial charge on any atom is 0.0659 e. The molecule has 2 N–H and O–H groups in total. The summed E-state index contributed by atoms with van der Waals surface area (Å²) in [6.45, 7) is 5.31. The lowest BCUT2D eigenvalue weighted by Crippen LogP contribution is -2.17. The van der Waals surface area contributed by atoms with Crippen molar-refractivity contribution in [1.29, 1.82) is 0 Å². The molecule has 0 heterocycles. The average Bonchev–Trinajstić information content (AvgIpc) is 2.12. The number of halogens is 1. The van der Waals surface area contributed by atoms with Crippen LogP contribution in [0.25, 0.3) is 0 Å². The van der Waals surface area contributed by atoms with Gasteiger partial charge in [0.15, 0.2) is 0 Å². The quantitative estimate of drug-likeness (QED) is 0.901. The fraction of sp³-hybridized carbons (Fsp3) is 0.455. The molecular weight excluding hydrogens is 242 g/mol. The third-order valence-electron chi connectivity index (χ3n) is 1.99. The van der Waals surface area contributed by atoms with E-state index in [0.717, 1.165) is 10.0 Å². The standard InChI is InChI=1S/C11H16BrNO/c1-3-14-7-11(13)9-4-8(2)5-10(12)6-9/h4-6,11H,3,7,13H2,1-2H3. The highest BCUT2D eigenvalue weighted by Gasteiger charge is 2.06. The Balaban J connectivity index is 2.73. The van der Waals surface area contributed by atoms with Gasteiger partial charge in [-0.15, -0.1) is 0 Å². The topological polar surface area (TPSA) is 35.2 Å². The molecule has 1 rings (SSSR count). The highest BCUT2D eigenvalue weighted by molar-refractivity contribution is 9.10. The molecule has 0 saturated carbocycles. The Bertz CT molecular complexity index is 281. The zero-order valence-corrected chi connectivity index (χ0v) is 10.2. The van der Waals surface area contributed by atoms with Crippen molar-refractivity contribution in [2.24, 2.45) is 5.73 Å². The summed E-state index contributed by atoms with van der Waals surface area (Å²) in [7, 11) is 0. The van der Waals surface area contributed by atoms with Gasteiger partial charge in [-0.05, 0) is 37.1 Å². The molecule has 1 aromatic carbocycles. The number of hydrogen-bond donors (Lipinski definition) is 1. The maximum atomic E-state index is 5.97. The molecule has 1 aromatic rings. The summed E-state index contributed by atoms with van der Waals surface area (Å²) in [4.78, 5) is 0. The van der Waals surface area contributed by atoms with Crippen molar-refractivity contribution in [3.63, 3.8) is 0 Å². The monoisotopic (exact) mass is 257 g/mol. The second kappa shape index (κ2) is 5.49. The van der Waals surface area contributed by atoms with Crippen LogP contribution < -0.4 is 5.73 Å². The Labute approximate surface area is 93.6 Å². The number of rotatable bonds is 4. The molecule has 1 atom stereocenters. The van der Waals surface area contributed by atoms with Gasteiger partial charge in [-0.3, -0.25) is 0 Å². The first-order chi connectivity index (χ1) is 6.63. The van der Waals surface area contributed by atoms with Crippen molar-refractivity contribution < 1.29 is 4.74 Å². The number of aryl methyl sites for hydroxylation is 1. The Morgan fingerprint density at radius 2 is 2.14 bits per heavy atom. The second-order valence-corrected chi connectivity index (χ2v) is 4.24. The number of benzene rings is 1. The molecule has 14 heavy (non-hydrogen) atoms. The minimum Gasteiger partial charge on any atom is -0.380 e. The van der Waals surface area contributed by atoms with Crippen LogP contribution in [-0.4, -0.2) is 13.2 Å². The van der Waals surface area contributed by atoms with Crippen LogP contribution in [0.4, 0.5) is 0 Å². The zero-order valence-electron chi connectivity index (χ0n) is 8.59. The zero-order chi connectivity index (χ0) is 10.6. The molecule has 0 amide bonds. The molecule has 0 saturated heterocycles. The summed E-state index contributed by atoms with van der Waals surface area (Å²) in [6, 6.07) is 6.16. The van der Waals surface area contributed by atoms with Crippen LogP contribution in [0, 0.1) is 6.92 Å². The summed E-state index contributed by atoms with van der Waals surface area (Å²) < 4.78 is 6.36. The summed E-state index contributed by atoms with van der Waals surface area (Å²) in [6.07, 6.45) is 0. The summed E-state index contributed by atoms with van der Waals surface area (Å²) in [5.41, 5.74) is 8.30. The molecule has 0 aromatic heterocycles. The Morgan fingerprint density at radius 3 is 2.71 bits per heavy atom. The third kappa shape index (κ3) is 3.40. The van der Waals surface area contributed by atoms with Crippen molar-refractivity contribution in [3.8, 4) is 0 Å². The molecule has 0 aliphatic carbocycles. The predicted molar refractivity (Wildman–Crippen MR) is 62.3 cm³/mol. The number of nitrogens with two attached hydrogens (primary N) is 1. The van der Waals surface area contributed by atoms with Crippen LogP contribution in [0.5, 0.6) is 0 Å². The molecule has 3 heteroatoms. The molecule has 0 radical (unpaired) electrons. The highest BCUT2D eigenvalue weighted by Crippen LogP contribution is 2.19. The fourth-order valence-corrected chi connectivity index (χ4v) is 1.95. The van der Waals surface area contributed by atoms with Gasteiger partial charge in [-0.2, -0.15) is 0 Å². The minimum atomic E-state index is -0.0360. The molecule has 0 spiro atoms. The Morgan fingerprint density at radius 1 is 1.43 bits per heavy atom. The number of hydrogen-bond acceptors (Lipinski definition) is 2. The third-order valence-corrected chi connectivity index (χ3v) is 2.45. The van der Waals surface area contributed by atoms with Crippen molar-refractivity contribution in [2.75, 3.05) is 13.2 Å². The second-order valence-electron chi connectivity index (χ2n) is 3.33. The van der Waals surface area contributed by atoms with Crippen LogP contribution in [0.3, 0.4) is 0 Å². The smallest absolute Gasteiger partial charge is 0.0659 e. The maximum absolute atomic E-state index is 5.97. The van der Waals surface area contributed by atoms with Crippen LogP contribution >= 0.6 is 15.9 Å². The normalized spacial score (nSPS) is 12.9. The van der Waals surface area contributed by atoms with E-state index in [9.17, 15) is 0 Å². The molecular formula is C11H16BrNO. The lowest BCUT2D eigenvalue weighted by molar-refractivity contribution is 0.133. The molecule has 0 bridgehead atoms. The minimum absolute atomic E-state index is 0.0360. The molecule has 0 aliphatic rings. The van der Waals surface area contributed by atoms with E-state index in [1.807, 2.05) is 13.0 Å². The van der Waals surface area contributed by atoms with E-state index in [-0.39, 0.29) is 6.04 Å². The summed E-state index contributed by atoms with van der Waals surface area (Å²) in [5, 5.41) is 0.